The first kappa shape index (κ1) is 7.38. The first-order valence-electron chi connectivity index (χ1n) is 3.52. The van der Waals surface area contributed by atoms with Crippen molar-refractivity contribution in [1.82, 2.24) is 4.90 Å². The summed E-state index contributed by atoms with van der Waals surface area (Å²) < 4.78 is 4.83. The molecule has 0 bridgehead atoms. The lowest BCUT2D eigenvalue weighted by atomic mass is 10.1. The molecule has 1 aliphatic rings. The van der Waals surface area contributed by atoms with Gasteiger partial charge < -0.3 is 9.64 Å². The van der Waals surface area contributed by atoms with Crippen LogP contribution in [0.4, 0.5) is 4.79 Å². The van der Waals surface area contributed by atoms with Gasteiger partial charge in [-0.3, -0.25) is 0 Å². The average Bonchev–Trinajstić information content (AvgIpc) is 2.14. The summed E-state index contributed by atoms with van der Waals surface area (Å²) in [6, 6.07) is 0.271. The fourth-order valence-electron chi connectivity index (χ4n) is 1.15. The molecule has 3 nitrogen and oxygen atoms in total. The van der Waals surface area contributed by atoms with Crippen LogP contribution in [0.5, 0.6) is 0 Å². The van der Waals surface area contributed by atoms with Gasteiger partial charge >= 0.3 is 6.09 Å². The Kier molecular flexibility index (Phi) is 1.83. The standard InChI is InChI=1S/C7H13NO2/c1-5(2)6-4-10-7(9)8(6)3/h5-6H,4H2,1-3H3/t6-/m0/s1. The summed E-state index contributed by atoms with van der Waals surface area (Å²) in [5.41, 5.74) is 0. The predicted molar refractivity (Wildman–Crippen MR) is 37.7 cm³/mol. The quantitative estimate of drug-likeness (QED) is 0.550. The monoisotopic (exact) mass is 143 g/mol. The van der Waals surface area contributed by atoms with Gasteiger partial charge in [0.1, 0.15) is 6.61 Å². The highest BCUT2D eigenvalue weighted by atomic mass is 16.6. The number of carbonyl (C=O) groups excluding carboxylic acids is 1. The highest BCUT2D eigenvalue weighted by molar-refractivity contribution is 5.69. The van der Waals surface area contributed by atoms with Gasteiger partial charge in [-0.15, -0.1) is 0 Å². The zero-order valence-electron chi connectivity index (χ0n) is 6.63. The van der Waals surface area contributed by atoms with Crippen molar-refractivity contribution >= 4 is 6.09 Å². The van der Waals surface area contributed by atoms with E-state index in [9.17, 15) is 4.79 Å². The number of nitrogens with zero attached hydrogens (tertiary/aromatic N) is 1. The molecule has 0 aliphatic carbocycles. The molecule has 0 spiro atoms. The summed E-state index contributed by atoms with van der Waals surface area (Å²) in [7, 11) is 1.78. The number of cyclic esters (lactones) is 1. The summed E-state index contributed by atoms with van der Waals surface area (Å²) in [5, 5.41) is 0. The van der Waals surface area contributed by atoms with Crippen LogP contribution in [-0.4, -0.2) is 30.7 Å². The molecule has 1 heterocycles. The summed E-state index contributed by atoms with van der Waals surface area (Å²) in [6.45, 7) is 4.72. The molecule has 0 saturated carbocycles. The molecule has 0 N–H and O–H groups in total. The van der Waals surface area contributed by atoms with Crippen LogP contribution < -0.4 is 0 Å². The van der Waals surface area contributed by atoms with E-state index in [2.05, 4.69) is 13.8 Å². The zero-order valence-corrected chi connectivity index (χ0v) is 6.63. The van der Waals surface area contributed by atoms with Crippen molar-refractivity contribution in [2.45, 2.75) is 19.9 Å². The molecule has 58 valence electrons. The van der Waals surface area contributed by atoms with Gasteiger partial charge in [-0.05, 0) is 5.92 Å². The van der Waals surface area contributed by atoms with Crippen LogP contribution in [0.1, 0.15) is 13.8 Å². The highest BCUT2D eigenvalue weighted by Gasteiger charge is 2.31. The number of hydrogen-bond donors (Lipinski definition) is 0. The lowest BCUT2D eigenvalue weighted by Gasteiger charge is -2.18. The number of likely N-dealkylation sites (N-methyl/N-ethyl adjacent to an activating group) is 1. The van der Waals surface area contributed by atoms with Crippen LogP contribution in [0.2, 0.25) is 0 Å². The second-order valence-corrected chi connectivity index (χ2v) is 3.00. The highest BCUT2D eigenvalue weighted by Crippen LogP contribution is 2.16. The molecule has 1 rings (SSSR count). The Bertz CT molecular complexity index is 145. The Morgan fingerprint density at radius 1 is 1.70 bits per heavy atom. The minimum atomic E-state index is -0.196. The maximum Gasteiger partial charge on any atom is 0.409 e. The largest absolute Gasteiger partial charge is 0.447 e. The molecule has 1 amide bonds. The van der Waals surface area contributed by atoms with E-state index in [1.54, 1.807) is 11.9 Å². The number of rotatable bonds is 1. The van der Waals surface area contributed by atoms with E-state index in [4.69, 9.17) is 4.74 Å². The first-order chi connectivity index (χ1) is 4.63. The first-order valence-corrected chi connectivity index (χ1v) is 3.52. The lowest BCUT2D eigenvalue weighted by Crippen LogP contribution is -2.33. The van der Waals surface area contributed by atoms with Crippen LogP contribution in [0.25, 0.3) is 0 Å². The van der Waals surface area contributed by atoms with Crippen molar-refractivity contribution in [3.63, 3.8) is 0 Å². The maximum absolute atomic E-state index is 10.8. The molecule has 0 aromatic carbocycles. The van der Waals surface area contributed by atoms with Crippen LogP contribution in [0, 0.1) is 5.92 Å². The molecule has 10 heavy (non-hydrogen) atoms. The lowest BCUT2D eigenvalue weighted by molar-refractivity contribution is 0.163. The number of amides is 1. The van der Waals surface area contributed by atoms with Crippen molar-refractivity contribution < 1.29 is 9.53 Å². The van der Waals surface area contributed by atoms with Crippen molar-refractivity contribution in [3.05, 3.63) is 0 Å². The molecule has 0 unspecified atom stereocenters. The predicted octanol–water partition coefficient (Wildman–Crippen LogP) is 1.09. The van der Waals surface area contributed by atoms with Gasteiger partial charge in [-0.2, -0.15) is 0 Å². The van der Waals surface area contributed by atoms with E-state index in [0.29, 0.717) is 12.5 Å². The van der Waals surface area contributed by atoms with E-state index >= 15 is 0 Å². The molecule has 0 aromatic rings. The summed E-state index contributed by atoms with van der Waals surface area (Å²) in [4.78, 5) is 12.5. The Morgan fingerprint density at radius 2 is 2.30 bits per heavy atom. The van der Waals surface area contributed by atoms with Crippen LogP contribution in [-0.2, 0) is 4.74 Å². The number of carbonyl (C=O) groups is 1. The van der Waals surface area contributed by atoms with E-state index < -0.39 is 0 Å². The molecule has 0 aromatic heterocycles. The van der Waals surface area contributed by atoms with Crippen LogP contribution >= 0.6 is 0 Å². The Morgan fingerprint density at radius 3 is 2.50 bits per heavy atom. The molecular weight excluding hydrogens is 130 g/mol. The molecule has 3 heteroatoms. The second-order valence-electron chi connectivity index (χ2n) is 3.00. The van der Waals surface area contributed by atoms with E-state index in [-0.39, 0.29) is 12.1 Å². The van der Waals surface area contributed by atoms with Gasteiger partial charge in [0.15, 0.2) is 0 Å². The fraction of sp³-hybridized carbons (Fsp3) is 0.857. The molecular formula is C7H13NO2. The van der Waals surface area contributed by atoms with Crippen LogP contribution in [0.3, 0.4) is 0 Å². The fourth-order valence-corrected chi connectivity index (χ4v) is 1.15. The van der Waals surface area contributed by atoms with Gasteiger partial charge in [-0.1, -0.05) is 13.8 Å². The third-order valence-corrected chi connectivity index (χ3v) is 1.93. The van der Waals surface area contributed by atoms with Crippen molar-refractivity contribution in [3.8, 4) is 0 Å². The third kappa shape index (κ3) is 1.08. The SMILES string of the molecule is CC(C)[C@@H]1COC(=O)N1C. The summed E-state index contributed by atoms with van der Waals surface area (Å²) >= 11 is 0. The minimum absolute atomic E-state index is 0.196. The Balaban J connectivity index is 2.57. The average molecular weight is 143 g/mol. The molecule has 0 radical (unpaired) electrons. The van der Waals surface area contributed by atoms with Gasteiger partial charge in [0, 0.05) is 7.05 Å². The smallest absolute Gasteiger partial charge is 0.409 e. The maximum atomic E-state index is 10.8. The summed E-state index contributed by atoms with van der Waals surface area (Å²) in [5.74, 6) is 0.483. The Hall–Kier alpha value is -0.730. The zero-order chi connectivity index (χ0) is 7.72. The van der Waals surface area contributed by atoms with Crippen molar-refractivity contribution in [2.24, 2.45) is 5.92 Å². The molecule has 1 aliphatic heterocycles. The van der Waals surface area contributed by atoms with Gasteiger partial charge in [0.2, 0.25) is 0 Å². The molecule has 1 saturated heterocycles. The van der Waals surface area contributed by atoms with Gasteiger partial charge in [0.05, 0.1) is 6.04 Å². The number of hydrogen-bond acceptors (Lipinski definition) is 2. The van der Waals surface area contributed by atoms with E-state index in [0.717, 1.165) is 0 Å². The van der Waals surface area contributed by atoms with Gasteiger partial charge in [-0.25, -0.2) is 4.79 Å². The minimum Gasteiger partial charge on any atom is -0.447 e. The van der Waals surface area contributed by atoms with Crippen molar-refractivity contribution in [2.75, 3.05) is 13.7 Å². The normalized spacial score (nSPS) is 25.8. The van der Waals surface area contributed by atoms with E-state index in [1.807, 2.05) is 0 Å². The van der Waals surface area contributed by atoms with Crippen LogP contribution in [0.15, 0.2) is 0 Å². The van der Waals surface area contributed by atoms with Gasteiger partial charge in [0.25, 0.3) is 0 Å². The topological polar surface area (TPSA) is 29.5 Å². The van der Waals surface area contributed by atoms with E-state index in [1.165, 1.54) is 0 Å². The molecule has 1 atom stereocenters. The summed E-state index contributed by atoms with van der Waals surface area (Å²) in [6.07, 6.45) is -0.196. The molecule has 1 fully saturated rings. The van der Waals surface area contributed by atoms with Crippen molar-refractivity contribution in [1.29, 1.82) is 0 Å². The number of ether oxygens (including phenoxy) is 1. The second kappa shape index (κ2) is 2.48. The third-order valence-electron chi connectivity index (χ3n) is 1.93. The Labute approximate surface area is 61.0 Å².